The van der Waals surface area contributed by atoms with Crippen LogP contribution in [-0.4, -0.2) is 137 Å². The van der Waals surface area contributed by atoms with Crippen LogP contribution in [0.4, 0.5) is 24.7 Å². The number of benzene rings is 1. The van der Waals surface area contributed by atoms with Gasteiger partial charge in [0.25, 0.3) is 5.91 Å². The number of alkyl halides is 3. The number of fused-ring (bicyclic) bond motifs is 1. The van der Waals surface area contributed by atoms with Crippen molar-refractivity contribution in [2.45, 2.75) is 122 Å². The Balaban J connectivity index is 0.706. The third kappa shape index (κ3) is 13.1. The van der Waals surface area contributed by atoms with E-state index in [0.29, 0.717) is 82.2 Å². The Kier molecular flexibility index (Phi) is 16.6. The highest BCUT2D eigenvalue weighted by Gasteiger charge is 2.52. The van der Waals surface area contributed by atoms with Gasteiger partial charge in [0.1, 0.15) is 35.9 Å². The molecule has 3 aromatic heterocycles. The molecule has 5 atom stereocenters. The van der Waals surface area contributed by atoms with E-state index in [9.17, 15) is 22.8 Å². The molecule has 2 saturated carbocycles. The number of hydrogen-bond acceptors (Lipinski definition) is 14. The Morgan fingerprint density at radius 3 is 2.16 bits per heavy atom. The van der Waals surface area contributed by atoms with Gasteiger partial charge in [-0.25, -0.2) is 4.98 Å². The molecule has 4 fully saturated rings. The number of hydrogen-bond donors (Lipinski definition) is 3. The first kappa shape index (κ1) is 51.3. The summed E-state index contributed by atoms with van der Waals surface area (Å²) >= 11 is 0. The minimum atomic E-state index is -4.62. The smallest absolute Gasteiger partial charge is 0.377 e. The van der Waals surface area contributed by atoms with Crippen LogP contribution in [0.5, 0.6) is 0 Å². The second kappa shape index (κ2) is 22.6. The summed E-state index contributed by atoms with van der Waals surface area (Å²) in [5.41, 5.74) is 3.91. The summed E-state index contributed by atoms with van der Waals surface area (Å²) < 4.78 is 84.4. The lowest BCUT2D eigenvalue weighted by Gasteiger charge is -2.37. The summed E-state index contributed by atoms with van der Waals surface area (Å²) in [6, 6.07) is 8.31. The first-order valence-electron chi connectivity index (χ1n) is 24.3. The second-order valence-corrected chi connectivity index (χ2v) is 19.2. The summed E-state index contributed by atoms with van der Waals surface area (Å²) in [6.45, 7) is 15.1. The van der Waals surface area contributed by atoms with Crippen molar-refractivity contribution in [3.05, 3.63) is 71.7 Å². The predicted octanol–water partition coefficient (Wildman–Crippen LogP) is 6.39. The summed E-state index contributed by atoms with van der Waals surface area (Å²) in [7, 11) is 0. The average Bonchev–Trinajstić information content (AvgIpc) is 4.23. The van der Waals surface area contributed by atoms with Gasteiger partial charge in [0, 0.05) is 29.2 Å². The molecule has 2 saturated heterocycles. The molecule has 18 nitrogen and oxygen atoms in total. The highest BCUT2D eigenvalue weighted by Crippen LogP contribution is 2.51. The number of nitrogens with one attached hydrogen (secondary N) is 3. The fourth-order valence-corrected chi connectivity index (χ4v) is 9.49. The van der Waals surface area contributed by atoms with E-state index in [1.54, 1.807) is 30.8 Å². The lowest BCUT2D eigenvalue weighted by Crippen LogP contribution is -2.55. The van der Waals surface area contributed by atoms with Crippen LogP contribution in [-0.2, 0) is 50.7 Å². The fourth-order valence-electron chi connectivity index (χ4n) is 9.49. The van der Waals surface area contributed by atoms with Gasteiger partial charge in [-0.05, 0) is 109 Å². The number of carbonyl (C=O) groups is 2. The number of anilines is 2. The summed E-state index contributed by atoms with van der Waals surface area (Å²) in [6.07, 6.45) is 1.72. The van der Waals surface area contributed by atoms with Crippen LogP contribution in [0.1, 0.15) is 87.0 Å². The third-order valence-electron chi connectivity index (χ3n) is 13.0. The SMILES string of the molecule is Cc1nn(CCOCCOCCOCCOC[C@H]2OC[C@H](Nc3cncc(C(F)(F)F)n3)C3OC(C)(C)OC32)c(C)c1-c1ccc(NC(=O)[C@@H](NC(=O)c2ccnn2C(C)C)C(C2CC2)C2CC2)cc1. The Morgan fingerprint density at radius 1 is 0.871 bits per heavy atom. The molecule has 1 aromatic carbocycles. The van der Waals surface area contributed by atoms with Crippen molar-refractivity contribution < 1.29 is 55.9 Å². The van der Waals surface area contributed by atoms with Crippen molar-refractivity contribution in [1.82, 2.24) is 34.8 Å². The van der Waals surface area contributed by atoms with Gasteiger partial charge < -0.3 is 49.1 Å². The zero-order valence-electron chi connectivity index (χ0n) is 40.7. The molecular formula is C49H66F3N9O9. The largest absolute Gasteiger partial charge is 0.434 e. The molecule has 8 rings (SSSR count). The van der Waals surface area contributed by atoms with Crippen molar-refractivity contribution in [3.8, 4) is 11.1 Å². The van der Waals surface area contributed by atoms with Crippen LogP contribution >= 0.6 is 0 Å². The van der Waals surface area contributed by atoms with Gasteiger partial charge >= 0.3 is 6.18 Å². The fraction of sp³-hybridized carbons (Fsp3) is 0.633. The quantitative estimate of drug-likeness (QED) is 0.0618. The van der Waals surface area contributed by atoms with E-state index in [1.807, 2.05) is 56.6 Å². The zero-order valence-corrected chi connectivity index (χ0v) is 40.7. The molecule has 382 valence electrons. The molecule has 4 aliphatic rings. The van der Waals surface area contributed by atoms with Crippen LogP contribution < -0.4 is 16.0 Å². The summed E-state index contributed by atoms with van der Waals surface area (Å²) in [5.74, 6) is -0.456. The van der Waals surface area contributed by atoms with E-state index in [1.165, 1.54) is 6.20 Å². The van der Waals surface area contributed by atoms with Crippen molar-refractivity contribution in [3.63, 3.8) is 0 Å². The molecule has 2 aliphatic carbocycles. The Labute approximate surface area is 406 Å². The van der Waals surface area contributed by atoms with E-state index >= 15 is 0 Å². The molecule has 3 N–H and O–H groups in total. The van der Waals surface area contributed by atoms with Gasteiger partial charge in [-0.1, -0.05) is 12.1 Å². The highest BCUT2D eigenvalue weighted by atomic mass is 19.4. The molecular weight excluding hydrogens is 916 g/mol. The number of aromatic nitrogens is 6. The molecule has 0 radical (unpaired) electrons. The number of ether oxygens (including phenoxy) is 7. The minimum absolute atomic E-state index is 0.0104. The van der Waals surface area contributed by atoms with E-state index in [4.69, 9.17) is 38.3 Å². The van der Waals surface area contributed by atoms with Crippen LogP contribution in [0, 0.1) is 31.6 Å². The number of aryl methyl sites for hydroxylation is 1. The zero-order chi connectivity index (χ0) is 49.6. The van der Waals surface area contributed by atoms with Crippen molar-refractivity contribution >= 4 is 23.3 Å². The number of carbonyl (C=O) groups excluding carboxylic acids is 2. The Morgan fingerprint density at radius 2 is 1.51 bits per heavy atom. The second-order valence-electron chi connectivity index (χ2n) is 19.2. The molecule has 70 heavy (non-hydrogen) atoms. The number of nitrogens with zero attached hydrogens (tertiary/aromatic N) is 6. The maximum atomic E-state index is 14.0. The minimum Gasteiger partial charge on any atom is -0.377 e. The van der Waals surface area contributed by atoms with Gasteiger partial charge in [0.05, 0.1) is 90.1 Å². The molecule has 0 bridgehead atoms. The molecule has 2 aliphatic heterocycles. The monoisotopic (exact) mass is 981 g/mol. The highest BCUT2D eigenvalue weighted by molar-refractivity contribution is 6.01. The number of amides is 2. The van der Waals surface area contributed by atoms with Crippen molar-refractivity contribution in [1.29, 1.82) is 0 Å². The molecule has 2 amide bonds. The van der Waals surface area contributed by atoms with Gasteiger partial charge in [0.15, 0.2) is 11.5 Å². The van der Waals surface area contributed by atoms with Crippen LogP contribution in [0.3, 0.4) is 0 Å². The van der Waals surface area contributed by atoms with Gasteiger partial charge in [0.2, 0.25) is 5.91 Å². The lowest BCUT2D eigenvalue weighted by molar-refractivity contribution is -0.160. The van der Waals surface area contributed by atoms with Crippen LogP contribution in [0.25, 0.3) is 11.1 Å². The van der Waals surface area contributed by atoms with Crippen LogP contribution in [0.2, 0.25) is 0 Å². The predicted molar refractivity (Wildman–Crippen MR) is 250 cm³/mol. The molecule has 4 aromatic rings. The average molecular weight is 982 g/mol. The van der Waals surface area contributed by atoms with E-state index in [2.05, 4.69) is 31.0 Å². The normalized spacial score (nSPS) is 21.5. The molecule has 2 unspecified atom stereocenters. The molecule has 21 heteroatoms. The molecule has 5 heterocycles. The summed E-state index contributed by atoms with van der Waals surface area (Å²) in [4.78, 5) is 34.9. The Hall–Kier alpha value is -5.03. The lowest BCUT2D eigenvalue weighted by atomic mass is 9.88. The van der Waals surface area contributed by atoms with Crippen molar-refractivity contribution in [2.75, 3.05) is 70.1 Å². The van der Waals surface area contributed by atoms with E-state index in [0.717, 1.165) is 48.2 Å². The van der Waals surface area contributed by atoms with E-state index < -0.39 is 48.1 Å². The number of halogens is 3. The maximum absolute atomic E-state index is 14.0. The summed E-state index contributed by atoms with van der Waals surface area (Å²) in [5, 5.41) is 18.3. The standard InChI is InChI=1S/C49H66F3N9O9/c1-29(2)61-37(15-16-54-61)46(62)58-43(42(33-7-8-33)34-9-10-34)47(63)55-35-13-11-32(12-14-35)41-30(3)59-60(31(41)4)17-18-64-19-20-65-21-22-66-23-24-67-28-38-45-44(69-48(5,6)70-45)36(27-68-38)56-40-26-53-25-39(57-40)49(50,51)52/h11-16,25-26,29,33-34,36,38,42-45H,7-10,17-24,27-28H2,1-6H3,(H,55,63)(H,56,57)(H,58,62)/t36-,38+,43-,44?,45?/m0/s1. The van der Waals surface area contributed by atoms with Gasteiger partial charge in [-0.2, -0.15) is 23.4 Å². The maximum Gasteiger partial charge on any atom is 0.434 e. The Bertz CT molecular complexity index is 2360. The first-order valence-corrected chi connectivity index (χ1v) is 24.3. The van der Waals surface area contributed by atoms with Gasteiger partial charge in [-0.3, -0.25) is 23.9 Å². The molecule has 0 spiro atoms. The van der Waals surface area contributed by atoms with E-state index in [-0.39, 0.29) is 42.8 Å². The van der Waals surface area contributed by atoms with Crippen molar-refractivity contribution in [2.24, 2.45) is 17.8 Å². The third-order valence-corrected chi connectivity index (χ3v) is 13.0. The van der Waals surface area contributed by atoms with Crippen LogP contribution in [0.15, 0.2) is 48.9 Å². The first-order chi connectivity index (χ1) is 33.6. The number of rotatable bonds is 25. The topological polar surface area (TPSA) is 196 Å². The van der Waals surface area contributed by atoms with Gasteiger partial charge in [-0.15, -0.1) is 0 Å².